The Balaban J connectivity index is 2.93. The molecule has 2 N–H and O–H groups in total. The molecule has 1 rings (SSSR count). The number of hydrogen-bond donors (Lipinski definition) is 2. The van der Waals surface area contributed by atoms with E-state index < -0.39 is 41.2 Å². The van der Waals surface area contributed by atoms with E-state index in [1.165, 1.54) is 0 Å². The molecule has 104 valence electrons. The summed E-state index contributed by atoms with van der Waals surface area (Å²) in [5, 5.41) is 20.6. The van der Waals surface area contributed by atoms with E-state index >= 15 is 0 Å². The van der Waals surface area contributed by atoms with Crippen LogP contribution in [0.1, 0.15) is 10.4 Å². The average Bonchev–Trinajstić information content (AvgIpc) is 2.35. The third-order valence-electron chi connectivity index (χ3n) is 2.03. The third-order valence-corrected chi connectivity index (χ3v) is 2.24. The van der Waals surface area contributed by atoms with E-state index in [0.717, 1.165) is 12.3 Å². The number of carbonyl (C=O) groups excluding carboxylic acids is 1. The summed E-state index contributed by atoms with van der Waals surface area (Å²) in [5.41, 5.74) is -1.15. The zero-order valence-electron chi connectivity index (χ0n) is 9.27. The van der Waals surface area contributed by atoms with Gasteiger partial charge in [-0.1, -0.05) is 11.6 Å². The molecule has 1 heterocycles. The topological polar surface area (TPSA) is 105 Å². The van der Waals surface area contributed by atoms with Crippen LogP contribution in [0.25, 0.3) is 0 Å². The van der Waals surface area contributed by atoms with E-state index in [1.54, 1.807) is 5.32 Å². The van der Waals surface area contributed by atoms with Crippen LogP contribution in [0, 0.1) is 10.1 Å². The van der Waals surface area contributed by atoms with Gasteiger partial charge in [0, 0.05) is 0 Å². The van der Waals surface area contributed by atoms with Gasteiger partial charge in [0.15, 0.2) is 0 Å². The Labute approximate surface area is 110 Å². The van der Waals surface area contributed by atoms with Crippen molar-refractivity contribution in [1.82, 2.24) is 10.3 Å². The zero-order chi connectivity index (χ0) is 14.6. The molecule has 0 aromatic carbocycles. The van der Waals surface area contributed by atoms with Crippen LogP contribution in [-0.4, -0.2) is 40.0 Å². The number of rotatable bonds is 5. The molecule has 10 heteroatoms. The van der Waals surface area contributed by atoms with Crippen LogP contribution in [0.5, 0.6) is 0 Å². The van der Waals surface area contributed by atoms with Crippen molar-refractivity contribution in [3.05, 3.63) is 33.1 Å². The molecule has 0 unspecified atom stereocenters. The highest BCUT2D eigenvalue weighted by molar-refractivity contribution is 6.29. The average molecular weight is 296 g/mol. The second-order valence-electron chi connectivity index (χ2n) is 3.48. The number of pyridine rings is 1. The largest absolute Gasteiger partial charge is 0.390 e. The molecule has 1 aromatic rings. The second-order valence-corrected chi connectivity index (χ2v) is 3.87. The summed E-state index contributed by atoms with van der Waals surface area (Å²) in [6, 6.07) is 0.895. The predicted molar refractivity (Wildman–Crippen MR) is 60.3 cm³/mol. The Morgan fingerprint density at radius 2 is 2.26 bits per heavy atom. The van der Waals surface area contributed by atoms with Crippen LogP contribution < -0.4 is 5.32 Å². The van der Waals surface area contributed by atoms with Crippen molar-refractivity contribution in [2.45, 2.75) is 5.92 Å². The van der Waals surface area contributed by atoms with Gasteiger partial charge in [0.25, 0.3) is 17.5 Å². The summed E-state index contributed by atoms with van der Waals surface area (Å²) in [4.78, 5) is 24.8. The van der Waals surface area contributed by atoms with Gasteiger partial charge in [-0.2, -0.15) is 0 Å². The number of nitrogens with one attached hydrogen (secondary N) is 1. The van der Waals surface area contributed by atoms with E-state index in [2.05, 4.69) is 4.98 Å². The molecule has 0 radical (unpaired) electrons. The molecule has 19 heavy (non-hydrogen) atoms. The molecule has 0 fully saturated rings. The molecule has 0 spiro atoms. The predicted octanol–water partition coefficient (Wildman–Crippen LogP) is 1.00. The minimum absolute atomic E-state index is 0.190. The molecule has 0 saturated heterocycles. The number of alkyl halides is 2. The Morgan fingerprint density at radius 1 is 1.63 bits per heavy atom. The maximum absolute atomic E-state index is 12.7. The fraction of sp³-hybridized carbons (Fsp3) is 0.333. The first-order chi connectivity index (χ1) is 8.76. The summed E-state index contributed by atoms with van der Waals surface area (Å²) in [7, 11) is 0. The lowest BCUT2D eigenvalue weighted by molar-refractivity contribution is -0.385. The van der Waals surface area contributed by atoms with Crippen LogP contribution in [-0.2, 0) is 0 Å². The van der Waals surface area contributed by atoms with Crippen molar-refractivity contribution < 1.29 is 23.6 Å². The van der Waals surface area contributed by atoms with Gasteiger partial charge in [0.05, 0.1) is 11.5 Å². The molecule has 7 nitrogen and oxygen atoms in total. The number of carbonyl (C=O) groups is 1. The van der Waals surface area contributed by atoms with Crippen LogP contribution in [0.2, 0.25) is 5.15 Å². The Hall–Kier alpha value is -1.87. The van der Waals surface area contributed by atoms with Gasteiger partial charge in [0.1, 0.15) is 23.5 Å². The van der Waals surface area contributed by atoms with Crippen LogP contribution >= 0.6 is 11.6 Å². The highest BCUT2D eigenvalue weighted by atomic mass is 35.5. The lowest BCUT2D eigenvalue weighted by atomic mass is 10.2. The lowest BCUT2D eigenvalue weighted by Crippen LogP contribution is -2.39. The molecule has 0 saturated carbocycles. The monoisotopic (exact) mass is 295 g/mol. The number of nitro groups is 1. The van der Waals surface area contributed by atoms with Gasteiger partial charge >= 0.3 is 0 Å². The molecule has 0 bridgehead atoms. The van der Waals surface area contributed by atoms with E-state index in [0.29, 0.717) is 0 Å². The highest BCUT2D eigenvalue weighted by Crippen LogP contribution is 2.20. The molecule has 0 aliphatic carbocycles. The summed E-state index contributed by atoms with van der Waals surface area (Å²) >= 11 is 5.48. The molecular weight excluding hydrogens is 288 g/mol. The lowest BCUT2D eigenvalue weighted by Gasteiger charge is -2.13. The van der Waals surface area contributed by atoms with Crippen LogP contribution in [0.15, 0.2) is 12.3 Å². The van der Waals surface area contributed by atoms with Crippen molar-refractivity contribution in [3.63, 3.8) is 0 Å². The first-order valence-electron chi connectivity index (χ1n) is 4.83. The van der Waals surface area contributed by atoms with E-state index in [1.807, 2.05) is 0 Å². The number of aromatic nitrogens is 1. The Morgan fingerprint density at radius 3 is 2.79 bits per heavy atom. The Bertz CT molecular complexity index is 512. The van der Waals surface area contributed by atoms with Crippen LogP contribution in [0.4, 0.5) is 14.5 Å². The summed E-state index contributed by atoms with van der Waals surface area (Å²) in [6.45, 7) is -2.61. The summed E-state index contributed by atoms with van der Waals surface area (Å²) < 4.78 is 25.5. The first-order valence-corrected chi connectivity index (χ1v) is 5.21. The van der Waals surface area contributed by atoms with Gasteiger partial charge in [-0.3, -0.25) is 14.9 Å². The van der Waals surface area contributed by atoms with Crippen molar-refractivity contribution in [2.75, 3.05) is 13.2 Å². The molecule has 1 amide bonds. The van der Waals surface area contributed by atoms with Gasteiger partial charge in [-0.15, -0.1) is 0 Å². The van der Waals surface area contributed by atoms with E-state index in [-0.39, 0.29) is 5.15 Å². The maximum atomic E-state index is 12.7. The summed E-state index contributed by atoms with van der Waals surface area (Å²) in [5.74, 6) is -4.62. The number of amides is 1. The van der Waals surface area contributed by atoms with Crippen LogP contribution in [0.3, 0.4) is 0 Å². The maximum Gasteiger partial charge on any atom is 0.300 e. The number of aliphatic hydroxyl groups is 1. The fourth-order valence-electron chi connectivity index (χ4n) is 1.11. The molecule has 0 aliphatic rings. The number of hydrogen-bond acceptors (Lipinski definition) is 5. The number of aliphatic hydroxyl groups excluding tert-OH is 1. The van der Waals surface area contributed by atoms with Crippen molar-refractivity contribution in [1.29, 1.82) is 0 Å². The minimum atomic E-state index is -3.51. The van der Waals surface area contributed by atoms with Gasteiger partial charge in [-0.25, -0.2) is 13.8 Å². The van der Waals surface area contributed by atoms with Gasteiger partial charge in [0.2, 0.25) is 0 Å². The second kappa shape index (κ2) is 5.85. The van der Waals surface area contributed by atoms with Crippen molar-refractivity contribution >= 4 is 23.2 Å². The standard InChI is InChI=1S/C9H8ClF2N3O4/c10-7-1-5(6(2-13-7)15(18)19)8(17)14-3-9(11,12)4-16/h1-2,16H,3-4H2,(H,14,17). The molecule has 1 aromatic heterocycles. The van der Waals surface area contributed by atoms with E-state index in [9.17, 15) is 23.7 Å². The minimum Gasteiger partial charge on any atom is -0.390 e. The fourth-order valence-corrected chi connectivity index (χ4v) is 1.27. The van der Waals surface area contributed by atoms with Crippen molar-refractivity contribution in [3.8, 4) is 0 Å². The SMILES string of the molecule is O=C(NCC(F)(F)CO)c1cc(Cl)ncc1[N+](=O)[O-]. The normalized spacial score (nSPS) is 11.2. The summed E-state index contributed by atoms with van der Waals surface area (Å²) in [6.07, 6.45) is 0.751. The Kier molecular flexibility index (Phi) is 4.67. The number of halogens is 3. The molecular formula is C9H8ClF2N3O4. The third kappa shape index (κ3) is 4.07. The quantitative estimate of drug-likeness (QED) is 0.479. The van der Waals surface area contributed by atoms with Crippen molar-refractivity contribution in [2.24, 2.45) is 0 Å². The molecule has 0 atom stereocenters. The molecule has 0 aliphatic heterocycles. The van der Waals surface area contributed by atoms with Gasteiger partial charge in [-0.05, 0) is 6.07 Å². The number of nitrogens with zero attached hydrogens (tertiary/aromatic N) is 2. The van der Waals surface area contributed by atoms with Gasteiger partial charge < -0.3 is 10.4 Å². The first kappa shape index (κ1) is 15.2. The zero-order valence-corrected chi connectivity index (χ0v) is 10.0. The van der Waals surface area contributed by atoms with E-state index in [4.69, 9.17) is 16.7 Å². The highest BCUT2D eigenvalue weighted by Gasteiger charge is 2.30. The smallest absolute Gasteiger partial charge is 0.300 e.